The molecule has 0 aromatic heterocycles. The van der Waals surface area contributed by atoms with E-state index in [9.17, 15) is 0 Å². The fraction of sp³-hybridized carbons (Fsp3) is 0. The highest BCUT2D eigenvalue weighted by Crippen LogP contribution is 2.11. The van der Waals surface area contributed by atoms with Crippen molar-refractivity contribution in [1.29, 1.82) is 0 Å². The second-order valence-corrected chi connectivity index (χ2v) is 4.07. The van der Waals surface area contributed by atoms with Gasteiger partial charge in [-0.15, -0.1) is 0 Å². The molecule has 0 fully saturated rings. The third-order valence-electron chi connectivity index (χ3n) is 2.24. The minimum atomic E-state index is 0.544. The van der Waals surface area contributed by atoms with Gasteiger partial charge >= 0.3 is 0 Å². The number of allylic oxidation sites excluding steroid dienone is 1. The van der Waals surface area contributed by atoms with Crippen molar-refractivity contribution in [2.75, 3.05) is 5.32 Å². The number of para-hydroxylation sites is 2. The SMILES string of the molecule is Cl/C(C=Nc1ccccc1)=C\Nc1ccccc1. The Hall–Kier alpha value is -2.06. The number of hydrogen-bond acceptors (Lipinski definition) is 2. The highest BCUT2D eigenvalue weighted by atomic mass is 35.5. The number of benzene rings is 2. The third kappa shape index (κ3) is 4.07. The molecular weight excluding hydrogens is 244 g/mol. The van der Waals surface area contributed by atoms with Gasteiger partial charge in [-0.1, -0.05) is 48.0 Å². The maximum Gasteiger partial charge on any atom is 0.0748 e. The summed E-state index contributed by atoms with van der Waals surface area (Å²) in [6.07, 6.45) is 3.33. The lowest BCUT2D eigenvalue weighted by atomic mass is 10.3. The van der Waals surface area contributed by atoms with Crippen molar-refractivity contribution in [2.45, 2.75) is 0 Å². The number of hydrogen-bond donors (Lipinski definition) is 1. The molecule has 0 spiro atoms. The van der Waals surface area contributed by atoms with Crippen LogP contribution in [0.25, 0.3) is 0 Å². The van der Waals surface area contributed by atoms with Crippen LogP contribution in [0.1, 0.15) is 0 Å². The summed E-state index contributed by atoms with van der Waals surface area (Å²) in [5.74, 6) is 0. The first-order valence-electron chi connectivity index (χ1n) is 5.61. The highest BCUT2D eigenvalue weighted by molar-refractivity contribution is 6.39. The van der Waals surface area contributed by atoms with Crippen LogP contribution in [0.2, 0.25) is 0 Å². The first-order valence-corrected chi connectivity index (χ1v) is 5.99. The average molecular weight is 257 g/mol. The molecule has 3 heteroatoms. The molecule has 0 aliphatic carbocycles. The van der Waals surface area contributed by atoms with Crippen molar-refractivity contribution in [3.8, 4) is 0 Å². The van der Waals surface area contributed by atoms with Gasteiger partial charge in [0.05, 0.1) is 10.7 Å². The van der Waals surface area contributed by atoms with Crippen molar-refractivity contribution >= 4 is 29.2 Å². The molecule has 2 nitrogen and oxygen atoms in total. The molecule has 0 atom stereocenters. The zero-order chi connectivity index (χ0) is 12.6. The van der Waals surface area contributed by atoms with Gasteiger partial charge in [-0.2, -0.15) is 0 Å². The molecule has 18 heavy (non-hydrogen) atoms. The summed E-state index contributed by atoms with van der Waals surface area (Å²) in [5.41, 5.74) is 1.87. The van der Waals surface area contributed by atoms with Crippen LogP contribution in [0, 0.1) is 0 Å². The lowest BCUT2D eigenvalue weighted by molar-refractivity contribution is 1.53. The Kier molecular flexibility index (Phi) is 4.56. The summed E-state index contributed by atoms with van der Waals surface area (Å²) >= 11 is 6.03. The smallest absolute Gasteiger partial charge is 0.0748 e. The molecule has 0 bridgehead atoms. The Morgan fingerprint density at radius 2 is 1.56 bits per heavy atom. The number of halogens is 1. The van der Waals surface area contributed by atoms with E-state index in [2.05, 4.69) is 10.3 Å². The molecule has 0 saturated heterocycles. The van der Waals surface area contributed by atoms with Crippen molar-refractivity contribution in [3.05, 3.63) is 71.9 Å². The molecule has 2 aromatic rings. The van der Waals surface area contributed by atoms with Crippen LogP contribution in [0.15, 0.2) is 76.9 Å². The minimum Gasteiger partial charge on any atom is -0.360 e. The van der Waals surface area contributed by atoms with Crippen molar-refractivity contribution in [1.82, 2.24) is 0 Å². The Morgan fingerprint density at radius 3 is 2.22 bits per heavy atom. The van der Waals surface area contributed by atoms with Crippen LogP contribution >= 0.6 is 11.6 Å². The van der Waals surface area contributed by atoms with Crippen LogP contribution in [-0.2, 0) is 0 Å². The van der Waals surface area contributed by atoms with Gasteiger partial charge in [0.1, 0.15) is 0 Å². The summed E-state index contributed by atoms with van der Waals surface area (Å²) in [4.78, 5) is 4.25. The van der Waals surface area contributed by atoms with Gasteiger partial charge in [-0.25, -0.2) is 0 Å². The van der Waals surface area contributed by atoms with E-state index in [1.807, 2.05) is 60.7 Å². The average Bonchev–Trinajstić information content (AvgIpc) is 2.45. The van der Waals surface area contributed by atoms with E-state index >= 15 is 0 Å². The molecule has 2 aromatic carbocycles. The van der Waals surface area contributed by atoms with Gasteiger partial charge in [-0.3, -0.25) is 4.99 Å². The van der Waals surface area contributed by atoms with Crippen molar-refractivity contribution in [3.63, 3.8) is 0 Å². The first kappa shape index (κ1) is 12.4. The zero-order valence-electron chi connectivity index (χ0n) is 9.75. The number of nitrogens with one attached hydrogen (secondary N) is 1. The number of nitrogens with zero attached hydrogens (tertiary/aromatic N) is 1. The van der Waals surface area contributed by atoms with Gasteiger partial charge in [0, 0.05) is 18.1 Å². The maximum absolute atomic E-state index is 6.03. The van der Waals surface area contributed by atoms with E-state index in [0.717, 1.165) is 11.4 Å². The summed E-state index contributed by atoms with van der Waals surface area (Å²) < 4.78 is 0. The summed E-state index contributed by atoms with van der Waals surface area (Å²) in [5, 5.41) is 3.64. The topological polar surface area (TPSA) is 24.4 Å². The van der Waals surface area contributed by atoms with Crippen LogP contribution in [0.4, 0.5) is 11.4 Å². The number of anilines is 1. The van der Waals surface area contributed by atoms with E-state index in [1.165, 1.54) is 0 Å². The normalized spacial score (nSPS) is 11.7. The lowest BCUT2D eigenvalue weighted by Gasteiger charge is -1.99. The van der Waals surface area contributed by atoms with E-state index in [4.69, 9.17) is 11.6 Å². The largest absolute Gasteiger partial charge is 0.360 e. The van der Waals surface area contributed by atoms with E-state index < -0.39 is 0 Å². The summed E-state index contributed by atoms with van der Waals surface area (Å²) in [6.45, 7) is 0. The van der Waals surface area contributed by atoms with Crippen LogP contribution in [0.3, 0.4) is 0 Å². The standard InChI is InChI=1S/C15H13ClN2/c16-13(11-17-14-7-3-1-4-8-14)12-18-15-9-5-2-6-10-15/h1-12,17H/b13-11-,18-12?. The van der Waals surface area contributed by atoms with Gasteiger partial charge in [-0.05, 0) is 24.3 Å². The minimum absolute atomic E-state index is 0.544. The molecule has 0 heterocycles. The first-order chi connectivity index (χ1) is 8.84. The van der Waals surface area contributed by atoms with Crippen LogP contribution in [-0.4, -0.2) is 6.21 Å². The van der Waals surface area contributed by atoms with Crippen LogP contribution < -0.4 is 5.32 Å². The quantitative estimate of drug-likeness (QED) is 0.796. The van der Waals surface area contributed by atoms with Crippen molar-refractivity contribution in [2.24, 2.45) is 4.99 Å². The zero-order valence-corrected chi connectivity index (χ0v) is 10.5. The Balaban J connectivity index is 1.96. The van der Waals surface area contributed by atoms with Gasteiger partial charge in [0.2, 0.25) is 0 Å². The van der Waals surface area contributed by atoms with Crippen molar-refractivity contribution < 1.29 is 0 Å². The summed E-state index contributed by atoms with van der Waals surface area (Å²) in [6, 6.07) is 19.5. The molecule has 1 N–H and O–H groups in total. The Labute approximate surface area is 112 Å². The lowest BCUT2D eigenvalue weighted by Crippen LogP contribution is -1.88. The van der Waals surface area contributed by atoms with Gasteiger partial charge in [0.25, 0.3) is 0 Å². The van der Waals surface area contributed by atoms with E-state index in [-0.39, 0.29) is 0 Å². The molecule has 0 unspecified atom stereocenters. The predicted octanol–water partition coefficient (Wildman–Crippen LogP) is 4.58. The maximum atomic E-state index is 6.03. The molecule has 0 radical (unpaired) electrons. The number of aliphatic imine (C=N–C) groups is 1. The Morgan fingerprint density at radius 1 is 0.944 bits per heavy atom. The second kappa shape index (κ2) is 6.62. The Bertz CT molecular complexity index is 533. The molecule has 2 rings (SSSR count). The van der Waals surface area contributed by atoms with Gasteiger partial charge in [0.15, 0.2) is 0 Å². The monoisotopic (exact) mass is 256 g/mol. The molecule has 0 aliphatic heterocycles. The molecule has 0 amide bonds. The second-order valence-electron chi connectivity index (χ2n) is 3.63. The fourth-order valence-electron chi connectivity index (χ4n) is 1.37. The molecule has 0 saturated carbocycles. The molecule has 0 aliphatic rings. The fourth-order valence-corrected chi connectivity index (χ4v) is 1.48. The van der Waals surface area contributed by atoms with Crippen LogP contribution in [0.5, 0.6) is 0 Å². The van der Waals surface area contributed by atoms with E-state index in [1.54, 1.807) is 12.4 Å². The summed E-state index contributed by atoms with van der Waals surface area (Å²) in [7, 11) is 0. The van der Waals surface area contributed by atoms with E-state index in [0.29, 0.717) is 5.03 Å². The third-order valence-corrected chi connectivity index (χ3v) is 2.45. The van der Waals surface area contributed by atoms with Gasteiger partial charge < -0.3 is 5.32 Å². The predicted molar refractivity (Wildman–Crippen MR) is 78.6 cm³/mol. The molecule has 90 valence electrons. The number of rotatable bonds is 4. The molecular formula is C15H13ClN2. The highest BCUT2D eigenvalue weighted by Gasteiger charge is 1.89.